The van der Waals surface area contributed by atoms with Crippen LogP contribution < -0.4 is 11.1 Å². The van der Waals surface area contributed by atoms with E-state index in [9.17, 15) is 4.79 Å². The lowest BCUT2D eigenvalue weighted by molar-refractivity contribution is -0.111. The van der Waals surface area contributed by atoms with Gasteiger partial charge in [0.05, 0.1) is 0 Å². The van der Waals surface area contributed by atoms with Crippen LogP contribution in [0.3, 0.4) is 0 Å². The van der Waals surface area contributed by atoms with Crippen LogP contribution in [0.5, 0.6) is 0 Å². The molecule has 3 N–H and O–H groups in total. The van der Waals surface area contributed by atoms with Crippen LogP contribution in [0.15, 0.2) is 36.4 Å². The highest BCUT2D eigenvalue weighted by molar-refractivity contribution is 5.99. The van der Waals surface area contributed by atoms with Gasteiger partial charge in [-0.1, -0.05) is 18.2 Å². The van der Waals surface area contributed by atoms with Gasteiger partial charge in [-0.15, -0.1) is 0 Å². The quantitative estimate of drug-likeness (QED) is 0.733. The molecule has 80 valence electrons. The van der Waals surface area contributed by atoms with Crippen molar-refractivity contribution in [2.45, 2.75) is 13.3 Å². The summed E-state index contributed by atoms with van der Waals surface area (Å²) in [5, 5.41) is 2.76. The molecule has 15 heavy (non-hydrogen) atoms. The minimum atomic E-state index is -0.107. The molecule has 1 aromatic carbocycles. The van der Waals surface area contributed by atoms with Gasteiger partial charge in [0.15, 0.2) is 0 Å². The molecule has 1 rings (SSSR count). The molecule has 1 amide bonds. The predicted molar refractivity (Wildman–Crippen MR) is 62.6 cm³/mol. The van der Waals surface area contributed by atoms with Gasteiger partial charge in [-0.3, -0.25) is 4.79 Å². The monoisotopic (exact) mass is 204 g/mol. The van der Waals surface area contributed by atoms with Crippen molar-refractivity contribution >= 4 is 11.6 Å². The van der Waals surface area contributed by atoms with Crippen LogP contribution in [-0.4, -0.2) is 12.5 Å². The van der Waals surface area contributed by atoms with E-state index in [2.05, 4.69) is 5.32 Å². The first-order valence-electron chi connectivity index (χ1n) is 4.99. The summed E-state index contributed by atoms with van der Waals surface area (Å²) in [5.74, 6) is -0.107. The average Bonchev–Trinajstić information content (AvgIpc) is 2.22. The Kier molecular flexibility index (Phi) is 4.57. The van der Waals surface area contributed by atoms with E-state index in [1.807, 2.05) is 31.2 Å². The van der Waals surface area contributed by atoms with E-state index in [1.54, 1.807) is 6.08 Å². The Morgan fingerprint density at radius 1 is 1.40 bits per heavy atom. The van der Waals surface area contributed by atoms with Crippen LogP contribution >= 0.6 is 0 Å². The maximum absolute atomic E-state index is 11.2. The molecule has 0 saturated carbocycles. The maximum atomic E-state index is 11.2. The van der Waals surface area contributed by atoms with E-state index < -0.39 is 0 Å². The fourth-order valence-electron chi connectivity index (χ4n) is 1.26. The number of nitrogens with one attached hydrogen (secondary N) is 1. The molecule has 0 aliphatic carbocycles. The van der Waals surface area contributed by atoms with Crippen LogP contribution in [0.25, 0.3) is 0 Å². The Labute approximate surface area is 90.0 Å². The maximum Gasteiger partial charge on any atom is 0.248 e. The average molecular weight is 204 g/mol. The number of carbonyl (C=O) groups is 1. The molecule has 0 bridgehead atoms. The highest BCUT2D eigenvalue weighted by Gasteiger charge is 1.97. The third kappa shape index (κ3) is 3.95. The minimum Gasteiger partial charge on any atom is -0.330 e. The van der Waals surface area contributed by atoms with Gasteiger partial charge >= 0.3 is 0 Å². The summed E-state index contributed by atoms with van der Waals surface area (Å²) >= 11 is 0. The van der Waals surface area contributed by atoms with Gasteiger partial charge < -0.3 is 11.1 Å². The molecule has 0 aromatic heterocycles. The van der Waals surface area contributed by atoms with E-state index >= 15 is 0 Å². The topological polar surface area (TPSA) is 55.1 Å². The van der Waals surface area contributed by atoms with Gasteiger partial charge in [-0.05, 0) is 43.7 Å². The Hall–Kier alpha value is -1.61. The summed E-state index contributed by atoms with van der Waals surface area (Å²) in [7, 11) is 0. The molecule has 0 radical (unpaired) electrons. The smallest absolute Gasteiger partial charge is 0.248 e. The van der Waals surface area contributed by atoms with E-state index in [1.165, 1.54) is 11.6 Å². The number of nitrogens with two attached hydrogens (primary N) is 1. The van der Waals surface area contributed by atoms with Gasteiger partial charge in [0.2, 0.25) is 5.91 Å². The number of carbonyl (C=O) groups excluding carboxylic acids is 1. The third-order valence-corrected chi connectivity index (χ3v) is 1.97. The number of rotatable bonds is 4. The van der Waals surface area contributed by atoms with Crippen molar-refractivity contribution in [2.75, 3.05) is 11.9 Å². The molecular formula is C12H16N2O. The Bertz CT molecular complexity index is 341. The van der Waals surface area contributed by atoms with Crippen molar-refractivity contribution in [2.24, 2.45) is 5.73 Å². The van der Waals surface area contributed by atoms with Crippen LogP contribution in [0, 0.1) is 0 Å². The zero-order valence-corrected chi connectivity index (χ0v) is 8.86. The van der Waals surface area contributed by atoms with Crippen LogP contribution in [0.4, 0.5) is 5.69 Å². The first-order valence-corrected chi connectivity index (χ1v) is 4.99. The third-order valence-electron chi connectivity index (χ3n) is 1.97. The van der Waals surface area contributed by atoms with Crippen LogP contribution in [-0.2, 0) is 11.2 Å². The molecule has 3 heteroatoms. The summed E-state index contributed by atoms with van der Waals surface area (Å²) in [5.41, 5.74) is 7.43. The second-order valence-electron chi connectivity index (χ2n) is 3.22. The first kappa shape index (κ1) is 11.5. The predicted octanol–water partition coefficient (Wildman–Crippen LogP) is 1.70. The fraction of sp³-hybridized carbons (Fsp3) is 0.250. The summed E-state index contributed by atoms with van der Waals surface area (Å²) in [4.78, 5) is 11.2. The number of benzene rings is 1. The van der Waals surface area contributed by atoms with Crippen molar-refractivity contribution in [1.82, 2.24) is 0 Å². The van der Waals surface area contributed by atoms with E-state index in [0.29, 0.717) is 6.54 Å². The number of anilines is 1. The van der Waals surface area contributed by atoms with Crippen molar-refractivity contribution in [3.8, 4) is 0 Å². The number of amides is 1. The number of hydrogen-bond acceptors (Lipinski definition) is 2. The van der Waals surface area contributed by atoms with Crippen molar-refractivity contribution in [3.05, 3.63) is 42.0 Å². The lowest BCUT2D eigenvalue weighted by Gasteiger charge is -2.03. The number of hydrogen-bond donors (Lipinski definition) is 2. The molecule has 0 unspecified atom stereocenters. The van der Waals surface area contributed by atoms with Gasteiger partial charge in [0.1, 0.15) is 0 Å². The summed E-state index contributed by atoms with van der Waals surface area (Å²) in [6.07, 6.45) is 4.06. The zero-order valence-electron chi connectivity index (χ0n) is 8.86. The van der Waals surface area contributed by atoms with E-state index in [0.717, 1.165) is 12.1 Å². The van der Waals surface area contributed by atoms with E-state index in [-0.39, 0.29) is 5.91 Å². The first-order chi connectivity index (χ1) is 7.26. The number of allylic oxidation sites excluding steroid dienone is 1. The van der Waals surface area contributed by atoms with Crippen LogP contribution in [0.1, 0.15) is 12.5 Å². The lowest BCUT2D eigenvalue weighted by atomic mass is 10.1. The Morgan fingerprint density at radius 2 is 2.07 bits per heavy atom. The standard InChI is InChI=1S/C12H16N2O/c1-2-3-12(15)14-11-6-4-10(5-7-11)8-9-13/h2-7H,8-9,13H2,1H3,(H,14,15)/b3-2+. The fourth-order valence-corrected chi connectivity index (χ4v) is 1.26. The molecule has 0 saturated heterocycles. The molecule has 3 nitrogen and oxygen atoms in total. The van der Waals surface area contributed by atoms with Crippen molar-refractivity contribution in [3.63, 3.8) is 0 Å². The van der Waals surface area contributed by atoms with Gasteiger partial charge in [-0.25, -0.2) is 0 Å². The molecule has 0 atom stereocenters. The normalized spacial score (nSPS) is 10.5. The Balaban J connectivity index is 2.60. The SMILES string of the molecule is C/C=C/C(=O)Nc1ccc(CCN)cc1. The lowest BCUT2D eigenvalue weighted by Crippen LogP contribution is -2.08. The molecule has 0 heterocycles. The highest BCUT2D eigenvalue weighted by atomic mass is 16.1. The second kappa shape index (κ2) is 5.98. The molecule has 0 aliphatic rings. The van der Waals surface area contributed by atoms with Gasteiger partial charge in [0.25, 0.3) is 0 Å². The molecule has 0 fully saturated rings. The van der Waals surface area contributed by atoms with Crippen molar-refractivity contribution < 1.29 is 4.79 Å². The highest BCUT2D eigenvalue weighted by Crippen LogP contribution is 2.09. The summed E-state index contributed by atoms with van der Waals surface area (Å²) in [6, 6.07) is 7.70. The zero-order chi connectivity index (χ0) is 11.1. The van der Waals surface area contributed by atoms with E-state index in [4.69, 9.17) is 5.73 Å². The summed E-state index contributed by atoms with van der Waals surface area (Å²) in [6.45, 7) is 2.45. The van der Waals surface area contributed by atoms with Gasteiger partial charge in [0, 0.05) is 5.69 Å². The minimum absolute atomic E-state index is 0.107. The van der Waals surface area contributed by atoms with Crippen LogP contribution in [0.2, 0.25) is 0 Å². The molecule has 1 aromatic rings. The second-order valence-corrected chi connectivity index (χ2v) is 3.22. The molecular weight excluding hydrogens is 188 g/mol. The van der Waals surface area contributed by atoms with Gasteiger partial charge in [-0.2, -0.15) is 0 Å². The molecule has 0 spiro atoms. The largest absolute Gasteiger partial charge is 0.330 e. The van der Waals surface area contributed by atoms with Crippen molar-refractivity contribution in [1.29, 1.82) is 0 Å². The Morgan fingerprint density at radius 3 is 2.60 bits per heavy atom. The molecule has 0 aliphatic heterocycles. The summed E-state index contributed by atoms with van der Waals surface area (Å²) < 4.78 is 0.